The highest BCUT2D eigenvalue weighted by Crippen LogP contribution is 2.30. The molecule has 0 bridgehead atoms. The minimum atomic E-state index is -4.41. The molecule has 0 heterocycles. The van der Waals surface area contributed by atoms with Crippen LogP contribution >= 0.6 is 0 Å². The van der Waals surface area contributed by atoms with Crippen molar-refractivity contribution in [2.45, 2.75) is 19.6 Å². The van der Waals surface area contributed by atoms with Crippen LogP contribution in [0.4, 0.5) is 18.9 Å². The van der Waals surface area contributed by atoms with Gasteiger partial charge in [0, 0.05) is 12.2 Å². The lowest BCUT2D eigenvalue weighted by atomic mass is 10.1. The first kappa shape index (κ1) is 18.6. The number of aryl methyl sites for hydroxylation is 1. The third kappa shape index (κ3) is 5.41. The maximum atomic E-state index is 12.6. The van der Waals surface area contributed by atoms with Gasteiger partial charge in [-0.15, -0.1) is 0 Å². The molecule has 0 aliphatic heterocycles. The van der Waals surface area contributed by atoms with Gasteiger partial charge in [-0.2, -0.15) is 13.2 Å². The fourth-order valence-corrected chi connectivity index (χ4v) is 2.23. The molecule has 0 spiro atoms. The number of nitrogens with one attached hydrogen (secondary N) is 2. The summed E-state index contributed by atoms with van der Waals surface area (Å²) in [5.41, 5.74) is 1.34. The van der Waals surface area contributed by atoms with E-state index in [1.165, 1.54) is 12.1 Å². The van der Waals surface area contributed by atoms with E-state index >= 15 is 0 Å². The number of halogens is 3. The third-order valence-corrected chi connectivity index (χ3v) is 3.61. The number of carbonyl (C=O) groups is 1. The van der Waals surface area contributed by atoms with Crippen LogP contribution in [0.15, 0.2) is 42.5 Å². The second-order valence-electron chi connectivity index (χ2n) is 5.51. The van der Waals surface area contributed by atoms with E-state index in [-0.39, 0.29) is 18.1 Å². The predicted octanol–water partition coefficient (Wildman–Crippen LogP) is 3.75. The predicted molar refractivity (Wildman–Crippen MR) is 89.5 cm³/mol. The Kier molecular flexibility index (Phi) is 5.90. The summed E-state index contributed by atoms with van der Waals surface area (Å²) in [4.78, 5) is 11.9. The van der Waals surface area contributed by atoms with E-state index in [0.717, 1.165) is 29.0 Å². The molecule has 25 heavy (non-hydrogen) atoms. The average Bonchev–Trinajstić information content (AvgIpc) is 2.58. The fourth-order valence-electron chi connectivity index (χ4n) is 2.23. The van der Waals surface area contributed by atoms with Crippen LogP contribution in [0.3, 0.4) is 0 Å². The largest absolute Gasteiger partial charge is 0.496 e. The minimum absolute atomic E-state index is 0.121. The van der Waals surface area contributed by atoms with Crippen molar-refractivity contribution in [3.05, 3.63) is 59.2 Å². The quantitative estimate of drug-likeness (QED) is 0.832. The summed E-state index contributed by atoms with van der Waals surface area (Å²) in [5.74, 6) is 0.408. The Labute approximate surface area is 144 Å². The molecular weight excluding hydrogens is 333 g/mol. The highest BCUT2D eigenvalue weighted by molar-refractivity contribution is 5.80. The van der Waals surface area contributed by atoms with Gasteiger partial charge in [0.15, 0.2) is 0 Å². The normalized spacial score (nSPS) is 11.1. The maximum Gasteiger partial charge on any atom is 0.416 e. The van der Waals surface area contributed by atoms with Gasteiger partial charge in [-0.05, 0) is 42.3 Å². The average molecular weight is 352 g/mol. The lowest BCUT2D eigenvalue weighted by Crippen LogP contribution is -2.29. The molecule has 1 amide bonds. The Balaban J connectivity index is 1.87. The van der Waals surface area contributed by atoms with E-state index in [4.69, 9.17) is 4.74 Å². The number of rotatable bonds is 6. The number of amides is 1. The summed E-state index contributed by atoms with van der Waals surface area (Å²) in [6.07, 6.45) is -4.41. The third-order valence-electron chi connectivity index (χ3n) is 3.61. The molecule has 0 aliphatic rings. The smallest absolute Gasteiger partial charge is 0.416 e. The lowest BCUT2D eigenvalue weighted by molar-refractivity contribution is -0.137. The summed E-state index contributed by atoms with van der Waals surface area (Å²) in [5, 5.41) is 5.39. The molecule has 0 saturated carbocycles. The first-order valence-electron chi connectivity index (χ1n) is 7.61. The number of benzene rings is 2. The number of ether oxygens (including phenoxy) is 1. The fraction of sp³-hybridized carbons (Fsp3) is 0.278. The van der Waals surface area contributed by atoms with Crippen LogP contribution < -0.4 is 15.4 Å². The van der Waals surface area contributed by atoms with Gasteiger partial charge in [-0.1, -0.05) is 18.2 Å². The van der Waals surface area contributed by atoms with Gasteiger partial charge < -0.3 is 15.4 Å². The van der Waals surface area contributed by atoms with Gasteiger partial charge in [-0.3, -0.25) is 4.79 Å². The van der Waals surface area contributed by atoms with Gasteiger partial charge in [0.25, 0.3) is 0 Å². The summed E-state index contributed by atoms with van der Waals surface area (Å²) < 4.78 is 43.2. The molecule has 0 atom stereocenters. The van der Waals surface area contributed by atoms with Crippen LogP contribution in [-0.2, 0) is 17.5 Å². The van der Waals surface area contributed by atoms with Crippen LogP contribution in [0, 0.1) is 6.92 Å². The standard InChI is InChI=1S/C18H19F3N2O2/c1-12-6-7-13(8-16(12)25-2)10-23-17(24)11-22-15-5-3-4-14(9-15)18(19,20)21/h3-9,22H,10-11H2,1-2H3,(H,23,24). The van der Waals surface area contributed by atoms with Gasteiger partial charge >= 0.3 is 6.18 Å². The molecule has 0 unspecified atom stereocenters. The minimum Gasteiger partial charge on any atom is -0.496 e. The Morgan fingerprint density at radius 1 is 1.16 bits per heavy atom. The summed E-state index contributed by atoms with van der Waals surface area (Å²) >= 11 is 0. The number of anilines is 1. The molecule has 7 heteroatoms. The summed E-state index contributed by atoms with van der Waals surface area (Å²) in [6, 6.07) is 10.3. The maximum absolute atomic E-state index is 12.6. The number of methoxy groups -OCH3 is 1. The topological polar surface area (TPSA) is 50.4 Å². The Morgan fingerprint density at radius 2 is 1.92 bits per heavy atom. The first-order valence-corrected chi connectivity index (χ1v) is 7.61. The van der Waals surface area contributed by atoms with Gasteiger partial charge in [-0.25, -0.2) is 0 Å². The summed E-state index contributed by atoms with van der Waals surface area (Å²) in [6.45, 7) is 2.10. The van der Waals surface area contributed by atoms with E-state index < -0.39 is 11.7 Å². The van der Waals surface area contributed by atoms with Crippen molar-refractivity contribution in [2.24, 2.45) is 0 Å². The van der Waals surface area contributed by atoms with E-state index in [0.29, 0.717) is 6.54 Å². The molecular formula is C18H19F3N2O2. The number of alkyl halides is 3. The van der Waals surface area contributed by atoms with Crippen molar-refractivity contribution in [2.75, 3.05) is 19.0 Å². The van der Waals surface area contributed by atoms with Crippen LogP contribution in [0.2, 0.25) is 0 Å². The molecule has 134 valence electrons. The molecule has 0 aliphatic carbocycles. The van der Waals surface area contributed by atoms with Gasteiger partial charge in [0.05, 0.1) is 19.2 Å². The van der Waals surface area contributed by atoms with Crippen LogP contribution in [-0.4, -0.2) is 19.6 Å². The Hall–Kier alpha value is -2.70. The zero-order valence-corrected chi connectivity index (χ0v) is 13.9. The van der Waals surface area contributed by atoms with Crippen molar-refractivity contribution in [1.82, 2.24) is 5.32 Å². The first-order chi connectivity index (χ1) is 11.8. The van der Waals surface area contributed by atoms with Crippen LogP contribution in [0.25, 0.3) is 0 Å². The second kappa shape index (κ2) is 7.92. The van der Waals surface area contributed by atoms with Gasteiger partial charge in [0.1, 0.15) is 5.75 Å². The zero-order chi connectivity index (χ0) is 18.4. The highest BCUT2D eigenvalue weighted by Gasteiger charge is 2.30. The Morgan fingerprint density at radius 3 is 2.60 bits per heavy atom. The lowest BCUT2D eigenvalue weighted by Gasteiger charge is -2.11. The molecule has 0 fully saturated rings. The van der Waals surface area contributed by atoms with E-state index in [1.807, 2.05) is 25.1 Å². The summed E-state index contributed by atoms with van der Waals surface area (Å²) in [7, 11) is 1.57. The second-order valence-corrected chi connectivity index (χ2v) is 5.51. The Bertz CT molecular complexity index is 745. The van der Waals surface area contributed by atoms with Crippen molar-refractivity contribution in [1.29, 1.82) is 0 Å². The van der Waals surface area contributed by atoms with Gasteiger partial charge in [0.2, 0.25) is 5.91 Å². The van der Waals surface area contributed by atoms with Crippen molar-refractivity contribution in [3.63, 3.8) is 0 Å². The van der Waals surface area contributed by atoms with E-state index in [1.54, 1.807) is 7.11 Å². The zero-order valence-electron chi connectivity index (χ0n) is 13.9. The number of hydrogen-bond acceptors (Lipinski definition) is 3. The molecule has 2 aromatic rings. The molecule has 2 rings (SSSR count). The van der Waals surface area contributed by atoms with Crippen molar-refractivity contribution >= 4 is 11.6 Å². The molecule has 0 radical (unpaired) electrons. The highest BCUT2D eigenvalue weighted by atomic mass is 19.4. The van der Waals surface area contributed by atoms with Crippen LogP contribution in [0.5, 0.6) is 5.75 Å². The monoisotopic (exact) mass is 352 g/mol. The molecule has 0 aromatic heterocycles. The SMILES string of the molecule is COc1cc(CNC(=O)CNc2cccc(C(F)(F)F)c2)ccc1C. The van der Waals surface area contributed by atoms with E-state index in [9.17, 15) is 18.0 Å². The molecule has 0 saturated heterocycles. The number of carbonyl (C=O) groups excluding carboxylic acids is 1. The van der Waals surface area contributed by atoms with Crippen molar-refractivity contribution in [3.8, 4) is 5.75 Å². The van der Waals surface area contributed by atoms with Crippen LogP contribution in [0.1, 0.15) is 16.7 Å². The van der Waals surface area contributed by atoms with E-state index in [2.05, 4.69) is 10.6 Å². The molecule has 2 N–H and O–H groups in total. The number of hydrogen-bond donors (Lipinski definition) is 2. The van der Waals surface area contributed by atoms with Crippen molar-refractivity contribution < 1.29 is 22.7 Å². The molecule has 2 aromatic carbocycles. The molecule has 4 nitrogen and oxygen atoms in total.